The molecule has 2 N–H and O–H groups in total. The van der Waals surface area contributed by atoms with Crippen molar-refractivity contribution in [2.75, 3.05) is 0 Å². The van der Waals surface area contributed by atoms with E-state index in [1.165, 1.54) is 0 Å². The van der Waals surface area contributed by atoms with Gasteiger partial charge in [-0.15, -0.1) is 0 Å². The Balaban J connectivity index is 2.74. The maximum absolute atomic E-state index is 12.0. The fourth-order valence-electron chi connectivity index (χ4n) is 2.30. The smallest absolute Gasteiger partial charge is 0.408 e. The Kier molecular flexibility index (Phi) is 7.03. The van der Waals surface area contributed by atoms with E-state index < -0.39 is 26.2 Å². The topological polar surface area (TPSA) is 75.6 Å². The number of allylic oxidation sites excluding steroid dienone is 1. The summed E-state index contributed by atoms with van der Waals surface area (Å²) in [5.74, 6) is -1.05. The van der Waals surface area contributed by atoms with Crippen LogP contribution in [-0.4, -0.2) is 31.3 Å². The van der Waals surface area contributed by atoms with Gasteiger partial charge in [0.05, 0.1) is 8.07 Å². The third-order valence-corrected chi connectivity index (χ3v) is 6.04. The van der Waals surface area contributed by atoms with Crippen LogP contribution in [0.3, 0.4) is 0 Å². The van der Waals surface area contributed by atoms with Gasteiger partial charge in [-0.25, -0.2) is 9.59 Å². The van der Waals surface area contributed by atoms with Crippen molar-refractivity contribution in [3.8, 4) is 0 Å². The van der Waals surface area contributed by atoms with Gasteiger partial charge in [-0.2, -0.15) is 0 Å². The number of hydrogen-bond donors (Lipinski definition) is 2. The van der Waals surface area contributed by atoms with Gasteiger partial charge in [0.2, 0.25) is 0 Å². The Morgan fingerprint density at radius 1 is 1.26 bits per heavy atom. The van der Waals surface area contributed by atoms with E-state index in [9.17, 15) is 14.7 Å². The van der Waals surface area contributed by atoms with Gasteiger partial charge in [-0.1, -0.05) is 62.1 Å². The Hall–Kier alpha value is -2.08. The molecule has 5 nitrogen and oxygen atoms in total. The van der Waals surface area contributed by atoms with Crippen molar-refractivity contribution >= 4 is 20.1 Å². The molecule has 0 aliphatic rings. The first-order chi connectivity index (χ1) is 10.8. The highest BCUT2D eigenvalue weighted by molar-refractivity contribution is 6.78. The lowest BCUT2D eigenvalue weighted by Crippen LogP contribution is -2.50. The van der Waals surface area contributed by atoms with Crippen LogP contribution < -0.4 is 5.32 Å². The first-order valence-corrected chi connectivity index (χ1v) is 11.2. The lowest BCUT2D eigenvalue weighted by atomic mass is 10.2. The van der Waals surface area contributed by atoms with Gasteiger partial charge in [0.15, 0.2) is 0 Å². The molecule has 1 amide bonds. The molecule has 0 radical (unpaired) electrons. The van der Waals surface area contributed by atoms with E-state index in [-0.39, 0.29) is 12.1 Å². The fraction of sp³-hybridized carbons (Fsp3) is 0.412. The molecule has 0 aliphatic carbocycles. The molecule has 0 heterocycles. The maximum Gasteiger partial charge on any atom is 0.408 e. The van der Waals surface area contributed by atoms with Gasteiger partial charge in [-0.3, -0.25) is 0 Å². The lowest BCUT2D eigenvalue weighted by molar-refractivity contribution is -0.139. The number of aliphatic carboxylic acids is 1. The van der Waals surface area contributed by atoms with Gasteiger partial charge in [-0.05, 0) is 12.5 Å². The summed E-state index contributed by atoms with van der Waals surface area (Å²) in [4.78, 5) is 23.6. The summed E-state index contributed by atoms with van der Waals surface area (Å²) < 4.78 is 5.13. The van der Waals surface area contributed by atoms with Crippen LogP contribution in [-0.2, 0) is 16.1 Å². The molecule has 0 aliphatic heterocycles. The predicted molar refractivity (Wildman–Crippen MR) is 93.1 cm³/mol. The molecule has 1 rings (SSSR count). The molecule has 0 spiro atoms. The van der Waals surface area contributed by atoms with Crippen molar-refractivity contribution in [1.29, 1.82) is 0 Å². The molecule has 6 heteroatoms. The molecule has 0 saturated heterocycles. The zero-order valence-corrected chi connectivity index (χ0v) is 15.1. The quantitative estimate of drug-likeness (QED) is 0.589. The van der Waals surface area contributed by atoms with E-state index in [2.05, 4.69) is 25.0 Å². The summed E-state index contributed by atoms with van der Waals surface area (Å²) in [6.45, 7) is 8.18. The van der Waals surface area contributed by atoms with Crippen molar-refractivity contribution in [1.82, 2.24) is 5.32 Å². The Bertz CT molecular complexity index is 551. The van der Waals surface area contributed by atoms with Gasteiger partial charge >= 0.3 is 12.1 Å². The van der Waals surface area contributed by atoms with Crippen LogP contribution in [0.5, 0.6) is 0 Å². The standard InChI is InChI=1S/C17H25NO4Si/c1-5-9-14(23(2,3)4)15(16(19)20)18-17(21)22-12-13-10-7-6-8-11-13/h5-11,14-15H,12H2,1-4H3,(H,18,21)(H,19,20)/b9-5+/t14-,15+/m0/s1. The molecule has 0 fully saturated rings. The molecule has 23 heavy (non-hydrogen) atoms. The molecule has 0 aromatic heterocycles. The number of carboxylic acid groups (broad SMARTS) is 1. The van der Waals surface area contributed by atoms with E-state index in [0.29, 0.717) is 0 Å². The van der Waals surface area contributed by atoms with Crippen LogP contribution in [0.4, 0.5) is 4.79 Å². The minimum Gasteiger partial charge on any atom is -0.480 e. The Morgan fingerprint density at radius 2 is 1.87 bits per heavy atom. The van der Waals surface area contributed by atoms with Crippen LogP contribution in [0, 0.1) is 0 Å². The summed E-state index contributed by atoms with van der Waals surface area (Å²) in [5, 5.41) is 12.0. The number of alkyl carbamates (subject to hydrolysis) is 1. The molecular weight excluding hydrogens is 310 g/mol. The molecule has 1 aromatic rings. The molecule has 0 bridgehead atoms. The summed E-state index contributed by atoms with van der Waals surface area (Å²) in [5.41, 5.74) is 0.638. The molecule has 0 saturated carbocycles. The van der Waals surface area contributed by atoms with Gasteiger partial charge in [0.25, 0.3) is 0 Å². The highest BCUT2D eigenvalue weighted by Gasteiger charge is 2.37. The second-order valence-electron chi connectivity index (χ2n) is 6.44. The van der Waals surface area contributed by atoms with Crippen molar-refractivity contribution in [2.45, 2.75) is 44.8 Å². The van der Waals surface area contributed by atoms with E-state index in [0.717, 1.165) is 5.56 Å². The Labute approximate surface area is 138 Å². The second kappa shape index (κ2) is 8.52. The average molecular weight is 335 g/mol. The van der Waals surface area contributed by atoms with Gasteiger partial charge in [0, 0.05) is 5.54 Å². The summed E-state index contributed by atoms with van der Waals surface area (Å²) in [6.07, 6.45) is 2.98. The number of carboxylic acids is 1. The van der Waals surface area contributed by atoms with Gasteiger partial charge < -0.3 is 15.2 Å². The molecule has 0 unspecified atom stereocenters. The number of carbonyl (C=O) groups is 2. The first-order valence-electron chi connectivity index (χ1n) is 7.58. The van der Waals surface area contributed by atoms with Crippen LogP contribution in [0.15, 0.2) is 42.5 Å². The van der Waals surface area contributed by atoms with E-state index in [1.54, 1.807) is 0 Å². The van der Waals surface area contributed by atoms with Crippen LogP contribution >= 0.6 is 0 Å². The van der Waals surface area contributed by atoms with Crippen molar-refractivity contribution in [2.24, 2.45) is 0 Å². The van der Waals surface area contributed by atoms with Crippen molar-refractivity contribution < 1.29 is 19.4 Å². The number of carbonyl (C=O) groups excluding carboxylic acids is 1. The molecule has 1 aromatic carbocycles. The number of ether oxygens (including phenoxy) is 1. The summed E-state index contributed by atoms with van der Waals surface area (Å²) in [7, 11) is -1.83. The number of hydrogen-bond acceptors (Lipinski definition) is 3. The minimum absolute atomic E-state index is 0.111. The van der Waals surface area contributed by atoms with E-state index in [4.69, 9.17) is 4.74 Å². The number of amides is 1. The summed E-state index contributed by atoms with van der Waals surface area (Å²) >= 11 is 0. The molecular formula is C17H25NO4Si. The Morgan fingerprint density at radius 3 is 2.35 bits per heavy atom. The molecule has 2 atom stereocenters. The SMILES string of the molecule is C/C=C/[C@@H]([C@@H](NC(=O)OCc1ccccc1)C(=O)O)[Si](C)(C)C. The van der Waals surface area contributed by atoms with Crippen LogP contribution in [0.2, 0.25) is 25.2 Å². The number of nitrogens with one attached hydrogen (secondary N) is 1. The van der Waals surface area contributed by atoms with Crippen LogP contribution in [0.1, 0.15) is 12.5 Å². The van der Waals surface area contributed by atoms with Crippen LogP contribution in [0.25, 0.3) is 0 Å². The third-order valence-electron chi connectivity index (χ3n) is 3.51. The lowest BCUT2D eigenvalue weighted by Gasteiger charge is -2.31. The average Bonchev–Trinajstić information content (AvgIpc) is 2.48. The van der Waals surface area contributed by atoms with Gasteiger partial charge in [0.1, 0.15) is 12.6 Å². The van der Waals surface area contributed by atoms with Crippen molar-refractivity contribution in [3.63, 3.8) is 0 Å². The third kappa shape index (κ3) is 6.28. The summed E-state index contributed by atoms with van der Waals surface area (Å²) in [6, 6.07) is 8.27. The first kappa shape index (κ1) is 19.0. The second-order valence-corrected chi connectivity index (χ2v) is 11.8. The monoisotopic (exact) mass is 335 g/mol. The number of benzene rings is 1. The maximum atomic E-state index is 12.0. The fourth-order valence-corrected chi connectivity index (χ4v) is 4.30. The highest BCUT2D eigenvalue weighted by Crippen LogP contribution is 2.27. The number of rotatable bonds is 7. The zero-order chi connectivity index (χ0) is 17.5. The van der Waals surface area contributed by atoms with E-state index >= 15 is 0 Å². The highest BCUT2D eigenvalue weighted by atomic mass is 28.3. The van der Waals surface area contributed by atoms with E-state index in [1.807, 2.05) is 49.4 Å². The normalized spacial score (nSPS) is 14.3. The largest absolute Gasteiger partial charge is 0.480 e. The predicted octanol–water partition coefficient (Wildman–Crippen LogP) is 3.65. The minimum atomic E-state index is -1.83. The molecule has 126 valence electrons. The zero-order valence-electron chi connectivity index (χ0n) is 14.1. The van der Waals surface area contributed by atoms with Crippen molar-refractivity contribution in [3.05, 3.63) is 48.0 Å².